The summed E-state index contributed by atoms with van der Waals surface area (Å²) in [6, 6.07) is 12.0. The number of rotatable bonds is 5. The third-order valence-electron chi connectivity index (χ3n) is 4.97. The molecule has 6 nitrogen and oxygen atoms in total. The number of β-amino-alcohol motifs (C(OH)–C–C–N with tert-alkyl or cyclic N) is 1. The molecule has 1 aliphatic rings. The molecule has 0 aliphatic carbocycles. The van der Waals surface area contributed by atoms with Gasteiger partial charge in [0.25, 0.3) is 0 Å². The van der Waals surface area contributed by atoms with Crippen LogP contribution < -0.4 is 4.74 Å². The van der Waals surface area contributed by atoms with Gasteiger partial charge in [0.05, 0.1) is 24.6 Å². The summed E-state index contributed by atoms with van der Waals surface area (Å²) in [6.45, 7) is 4.07. The van der Waals surface area contributed by atoms with Gasteiger partial charge in [-0.05, 0) is 19.1 Å². The Bertz CT molecular complexity index is 908. The first-order chi connectivity index (χ1) is 12.6. The van der Waals surface area contributed by atoms with Gasteiger partial charge in [-0.1, -0.05) is 23.4 Å². The van der Waals surface area contributed by atoms with Crippen LogP contribution in [0.15, 0.2) is 40.9 Å². The second-order valence-corrected chi connectivity index (χ2v) is 6.99. The molecule has 0 saturated carbocycles. The van der Waals surface area contributed by atoms with Gasteiger partial charge in [0, 0.05) is 43.4 Å². The Morgan fingerprint density at radius 2 is 2.15 bits per heavy atom. The highest BCUT2D eigenvalue weighted by Gasteiger charge is 2.32. The number of aliphatic hydroxyl groups is 1. The summed E-state index contributed by atoms with van der Waals surface area (Å²) in [5, 5.41) is 15.4. The maximum Gasteiger partial charge on any atom is 0.145 e. The monoisotopic (exact) mass is 353 g/mol. The molecule has 2 aromatic heterocycles. The van der Waals surface area contributed by atoms with Gasteiger partial charge in [-0.3, -0.25) is 4.90 Å². The van der Waals surface area contributed by atoms with Crippen molar-refractivity contribution in [3.63, 3.8) is 0 Å². The van der Waals surface area contributed by atoms with Gasteiger partial charge in [0.15, 0.2) is 0 Å². The van der Waals surface area contributed by atoms with Crippen molar-refractivity contribution in [1.82, 2.24) is 15.0 Å². The molecule has 136 valence electrons. The summed E-state index contributed by atoms with van der Waals surface area (Å²) in [6.07, 6.45) is 0.340. The minimum atomic E-state index is -0.365. The second kappa shape index (κ2) is 7.05. The molecule has 1 aromatic carbocycles. The fourth-order valence-electron chi connectivity index (χ4n) is 3.68. The first kappa shape index (κ1) is 17.0. The number of nitrogens with zero attached hydrogens (tertiary/aromatic N) is 3. The van der Waals surface area contributed by atoms with E-state index in [1.54, 1.807) is 7.11 Å². The van der Waals surface area contributed by atoms with Crippen LogP contribution in [0.2, 0.25) is 0 Å². The zero-order valence-corrected chi connectivity index (χ0v) is 15.1. The van der Waals surface area contributed by atoms with Crippen LogP contribution in [-0.4, -0.2) is 46.5 Å². The summed E-state index contributed by atoms with van der Waals surface area (Å²) in [4.78, 5) is 7.01. The zero-order valence-electron chi connectivity index (χ0n) is 15.1. The lowest BCUT2D eigenvalue weighted by molar-refractivity contribution is 0.137. The Labute approximate surface area is 152 Å². The summed E-state index contributed by atoms with van der Waals surface area (Å²) >= 11 is 0. The van der Waals surface area contributed by atoms with Gasteiger partial charge in [0.1, 0.15) is 17.0 Å². The standard InChI is InChI=1S/C20H23N3O3/c1-13-8-17(26-22-13)9-15-10-23(12-18(15)24)11-16-7-6-14-4-3-5-19(25-2)20(14)21-16/h3-8,15,18,24H,9-12H2,1-2H3/t15-,18+/m1/s1. The van der Waals surface area contributed by atoms with E-state index in [-0.39, 0.29) is 12.0 Å². The summed E-state index contributed by atoms with van der Waals surface area (Å²) in [5.74, 6) is 1.77. The van der Waals surface area contributed by atoms with Crippen LogP contribution in [0, 0.1) is 12.8 Å². The Morgan fingerprint density at radius 1 is 1.27 bits per heavy atom. The topological polar surface area (TPSA) is 71.6 Å². The van der Waals surface area contributed by atoms with E-state index in [1.807, 2.05) is 37.3 Å². The lowest BCUT2D eigenvalue weighted by Crippen LogP contribution is -2.22. The average Bonchev–Trinajstić information content (AvgIpc) is 3.20. The fourth-order valence-corrected chi connectivity index (χ4v) is 3.68. The van der Waals surface area contributed by atoms with Crippen LogP contribution in [0.5, 0.6) is 5.75 Å². The molecular weight excluding hydrogens is 330 g/mol. The Morgan fingerprint density at radius 3 is 2.92 bits per heavy atom. The van der Waals surface area contributed by atoms with Crippen LogP contribution in [0.3, 0.4) is 0 Å². The highest BCUT2D eigenvalue weighted by atomic mass is 16.5. The predicted molar refractivity (Wildman–Crippen MR) is 98.0 cm³/mol. The number of para-hydroxylation sites is 1. The van der Waals surface area contributed by atoms with E-state index in [4.69, 9.17) is 14.2 Å². The molecule has 0 radical (unpaired) electrons. The molecule has 3 aromatic rings. The van der Waals surface area contributed by atoms with Crippen LogP contribution in [-0.2, 0) is 13.0 Å². The molecule has 1 fully saturated rings. The van der Waals surface area contributed by atoms with Crippen LogP contribution in [0.1, 0.15) is 17.1 Å². The number of fused-ring (bicyclic) bond motifs is 1. The van der Waals surface area contributed by atoms with E-state index in [2.05, 4.69) is 16.1 Å². The van der Waals surface area contributed by atoms with Crippen molar-refractivity contribution in [2.24, 2.45) is 5.92 Å². The summed E-state index contributed by atoms with van der Waals surface area (Å²) < 4.78 is 10.7. The molecule has 0 bridgehead atoms. The number of methoxy groups -OCH3 is 1. The largest absolute Gasteiger partial charge is 0.494 e. The summed E-state index contributed by atoms with van der Waals surface area (Å²) in [7, 11) is 1.66. The van der Waals surface area contributed by atoms with E-state index in [0.29, 0.717) is 19.5 Å². The van der Waals surface area contributed by atoms with E-state index in [0.717, 1.165) is 40.3 Å². The number of aryl methyl sites for hydroxylation is 1. The predicted octanol–water partition coefficient (Wildman–Crippen LogP) is 2.58. The van der Waals surface area contributed by atoms with Crippen molar-refractivity contribution in [3.8, 4) is 5.75 Å². The fraction of sp³-hybridized carbons (Fsp3) is 0.400. The number of hydrogen-bond acceptors (Lipinski definition) is 6. The van der Waals surface area contributed by atoms with Crippen molar-refractivity contribution >= 4 is 10.9 Å². The smallest absolute Gasteiger partial charge is 0.145 e. The number of pyridine rings is 1. The number of ether oxygens (including phenoxy) is 1. The number of aliphatic hydroxyl groups excluding tert-OH is 1. The molecule has 3 heterocycles. The first-order valence-electron chi connectivity index (χ1n) is 8.87. The quantitative estimate of drug-likeness (QED) is 0.760. The normalized spacial score (nSPS) is 20.7. The molecule has 1 saturated heterocycles. The van der Waals surface area contributed by atoms with E-state index in [9.17, 15) is 5.11 Å². The maximum atomic E-state index is 10.4. The second-order valence-electron chi connectivity index (χ2n) is 6.99. The van der Waals surface area contributed by atoms with Crippen LogP contribution in [0.25, 0.3) is 10.9 Å². The van der Waals surface area contributed by atoms with Crippen molar-refractivity contribution < 1.29 is 14.4 Å². The zero-order chi connectivity index (χ0) is 18.1. The lowest BCUT2D eigenvalue weighted by atomic mass is 10.0. The number of hydrogen-bond donors (Lipinski definition) is 1. The molecule has 6 heteroatoms. The van der Waals surface area contributed by atoms with Crippen molar-refractivity contribution in [2.75, 3.05) is 20.2 Å². The molecule has 4 rings (SSSR count). The summed E-state index contributed by atoms with van der Waals surface area (Å²) in [5.41, 5.74) is 2.73. The number of benzene rings is 1. The minimum absolute atomic E-state index is 0.150. The third-order valence-corrected chi connectivity index (χ3v) is 4.97. The highest BCUT2D eigenvalue weighted by molar-refractivity contribution is 5.84. The minimum Gasteiger partial charge on any atom is -0.494 e. The molecule has 2 atom stereocenters. The van der Waals surface area contributed by atoms with Gasteiger partial charge in [-0.2, -0.15) is 0 Å². The molecule has 1 aliphatic heterocycles. The van der Waals surface area contributed by atoms with E-state index < -0.39 is 0 Å². The van der Waals surface area contributed by atoms with Crippen LogP contribution >= 0.6 is 0 Å². The van der Waals surface area contributed by atoms with Gasteiger partial charge >= 0.3 is 0 Å². The number of aromatic nitrogens is 2. The lowest BCUT2D eigenvalue weighted by Gasteiger charge is -2.15. The maximum absolute atomic E-state index is 10.4. The van der Waals surface area contributed by atoms with Gasteiger partial charge < -0.3 is 14.4 Å². The average molecular weight is 353 g/mol. The SMILES string of the molecule is COc1cccc2ccc(CN3C[C@@H](Cc4cc(C)no4)[C@@H](O)C3)nc12. The molecule has 26 heavy (non-hydrogen) atoms. The van der Waals surface area contributed by atoms with Crippen molar-refractivity contribution in [2.45, 2.75) is 26.0 Å². The number of likely N-dealkylation sites (tertiary alicyclic amines) is 1. The molecule has 0 spiro atoms. The van der Waals surface area contributed by atoms with Gasteiger partial charge in [0.2, 0.25) is 0 Å². The Balaban J connectivity index is 1.46. The van der Waals surface area contributed by atoms with Crippen molar-refractivity contribution in [1.29, 1.82) is 0 Å². The molecule has 0 amide bonds. The Kier molecular flexibility index (Phi) is 4.61. The van der Waals surface area contributed by atoms with Crippen LogP contribution in [0.4, 0.5) is 0 Å². The van der Waals surface area contributed by atoms with Crippen molar-refractivity contribution in [3.05, 3.63) is 53.5 Å². The van der Waals surface area contributed by atoms with Gasteiger partial charge in [-0.25, -0.2) is 4.98 Å². The van der Waals surface area contributed by atoms with E-state index in [1.165, 1.54) is 0 Å². The Hall–Kier alpha value is -2.44. The van der Waals surface area contributed by atoms with Gasteiger partial charge in [-0.15, -0.1) is 0 Å². The third kappa shape index (κ3) is 3.43. The molecule has 0 unspecified atom stereocenters. The molecule has 1 N–H and O–H groups in total. The molecular formula is C20H23N3O3. The highest BCUT2D eigenvalue weighted by Crippen LogP contribution is 2.26. The first-order valence-corrected chi connectivity index (χ1v) is 8.87. The van der Waals surface area contributed by atoms with E-state index >= 15 is 0 Å².